The molecule has 5 nitrogen and oxygen atoms in total. The predicted molar refractivity (Wildman–Crippen MR) is 95.3 cm³/mol. The second-order valence-corrected chi connectivity index (χ2v) is 5.41. The summed E-state index contributed by atoms with van der Waals surface area (Å²) in [6, 6.07) is 14.0. The van der Waals surface area contributed by atoms with Gasteiger partial charge in [-0.05, 0) is 36.8 Å². The van der Waals surface area contributed by atoms with Crippen molar-refractivity contribution >= 4 is 11.6 Å². The van der Waals surface area contributed by atoms with Crippen LogP contribution in [0.5, 0.6) is 0 Å². The van der Waals surface area contributed by atoms with Crippen molar-refractivity contribution in [2.24, 2.45) is 0 Å². The van der Waals surface area contributed by atoms with Gasteiger partial charge >= 0.3 is 0 Å². The topological polar surface area (TPSA) is 51.1 Å². The fourth-order valence-electron chi connectivity index (χ4n) is 2.53. The number of methoxy groups -OCH3 is 1. The van der Waals surface area contributed by atoms with E-state index in [1.54, 1.807) is 25.7 Å². The molecule has 2 aromatic heterocycles. The molecule has 0 aliphatic heterocycles. The fraction of sp³-hybridized carbons (Fsp3) is 0.211. The predicted octanol–water partition coefficient (Wildman–Crippen LogP) is 3.63. The Morgan fingerprint density at radius 1 is 1.04 bits per heavy atom. The third-order valence-electron chi connectivity index (χ3n) is 3.77. The van der Waals surface area contributed by atoms with Gasteiger partial charge in [-0.15, -0.1) is 0 Å². The molecule has 2 heterocycles. The number of aryl methyl sites for hydroxylation is 1. The van der Waals surface area contributed by atoms with Gasteiger partial charge in [0.15, 0.2) is 0 Å². The summed E-state index contributed by atoms with van der Waals surface area (Å²) in [6.07, 6.45) is 5.34. The van der Waals surface area contributed by atoms with Gasteiger partial charge in [0.2, 0.25) is 5.95 Å². The molecule has 0 N–H and O–H groups in total. The van der Waals surface area contributed by atoms with Gasteiger partial charge in [0.1, 0.15) is 0 Å². The van der Waals surface area contributed by atoms with E-state index in [-0.39, 0.29) is 0 Å². The van der Waals surface area contributed by atoms with Gasteiger partial charge in [-0.3, -0.25) is 4.98 Å². The van der Waals surface area contributed by atoms with Crippen LogP contribution in [0.15, 0.2) is 61.1 Å². The lowest BCUT2D eigenvalue weighted by atomic mass is 10.2. The molecular weight excluding hydrogens is 300 g/mol. The Bertz CT molecular complexity index is 792. The highest BCUT2D eigenvalue weighted by Crippen LogP contribution is 2.26. The van der Waals surface area contributed by atoms with Crippen LogP contribution in [0, 0.1) is 6.92 Å². The number of hydrogen-bond donors (Lipinski definition) is 0. The molecule has 5 heteroatoms. The van der Waals surface area contributed by atoms with E-state index in [9.17, 15) is 0 Å². The highest BCUT2D eigenvalue weighted by atomic mass is 16.5. The van der Waals surface area contributed by atoms with Crippen molar-refractivity contribution in [1.82, 2.24) is 15.0 Å². The Morgan fingerprint density at radius 2 is 1.92 bits per heavy atom. The van der Waals surface area contributed by atoms with Gasteiger partial charge in [0.05, 0.1) is 12.3 Å². The lowest BCUT2D eigenvalue weighted by Gasteiger charge is -2.24. The standard InChI is InChI=1S/C19H20N4O/c1-15-6-3-4-8-18(15)23(12-13-24-2)19-21-11-9-17(22-19)16-7-5-10-20-14-16/h3-11,14H,12-13H2,1-2H3. The van der Waals surface area contributed by atoms with Crippen LogP contribution in [0.1, 0.15) is 5.56 Å². The van der Waals surface area contributed by atoms with E-state index in [0.717, 1.165) is 16.9 Å². The van der Waals surface area contributed by atoms with E-state index in [1.165, 1.54) is 5.56 Å². The van der Waals surface area contributed by atoms with Gasteiger partial charge in [0.25, 0.3) is 0 Å². The van der Waals surface area contributed by atoms with Crippen molar-refractivity contribution in [3.8, 4) is 11.3 Å². The van der Waals surface area contributed by atoms with Gasteiger partial charge in [0, 0.05) is 43.5 Å². The number of nitrogens with zero attached hydrogens (tertiary/aromatic N) is 4. The number of para-hydroxylation sites is 1. The SMILES string of the molecule is COCCN(c1nccc(-c2cccnc2)n1)c1ccccc1C. The van der Waals surface area contributed by atoms with Crippen LogP contribution in [0.4, 0.5) is 11.6 Å². The molecular formula is C19H20N4O. The molecule has 0 bridgehead atoms. The molecule has 24 heavy (non-hydrogen) atoms. The van der Waals surface area contributed by atoms with Crippen molar-refractivity contribution in [2.45, 2.75) is 6.92 Å². The summed E-state index contributed by atoms with van der Waals surface area (Å²) < 4.78 is 5.26. The number of hydrogen-bond acceptors (Lipinski definition) is 5. The molecule has 0 saturated carbocycles. The van der Waals surface area contributed by atoms with Crippen molar-refractivity contribution in [2.75, 3.05) is 25.2 Å². The molecule has 3 aromatic rings. The Labute approximate surface area is 142 Å². The lowest BCUT2D eigenvalue weighted by Crippen LogP contribution is -2.24. The van der Waals surface area contributed by atoms with E-state index in [4.69, 9.17) is 9.72 Å². The molecule has 122 valence electrons. The highest BCUT2D eigenvalue weighted by Gasteiger charge is 2.15. The molecule has 3 rings (SSSR count). The summed E-state index contributed by atoms with van der Waals surface area (Å²) in [5.41, 5.74) is 4.07. The van der Waals surface area contributed by atoms with Gasteiger partial charge in [-0.2, -0.15) is 0 Å². The minimum Gasteiger partial charge on any atom is -0.383 e. The average Bonchev–Trinajstić information content (AvgIpc) is 2.64. The first-order valence-electron chi connectivity index (χ1n) is 7.85. The minimum atomic E-state index is 0.592. The quantitative estimate of drug-likeness (QED) is 0.694. The number of ether oxygens (including phenoxy) is 1. The summed E-state index contributed by atoms with van der Waals surface area (Å²) in [5, 5.41) is 0. The van der Waals surface area contributed by atoms with Gasteiger partial charge < -0.3 is 9.64 Å². The molecule has 0 saturated heterocycles. The Morgan fingerprint density at radius 3 is 2.67 bits per heavy atom. The fourth-order valence-corrected chi connectivity index (χ4v) is 2.53. The minimum absolute atomic E-state index is 0.592. The van der Waals surface area contributed by atoms with Crippen molar-refractivity contribution in [3.63, 3.8) is 0 Å². The molecule has 0 unspecified atom stereocenters. The average molecular weight is 320 g/mol. The zero-order chi connectivity index (χ0) is 16.8. The van der Waals surface area contributed by atoms with Crippen molar-refractivity contribution < 1.29 is 4.74 Å². The smallest absolute Gasteiger partial charge is 0.230 e. The zero-order valence-corrected chi connectivity index (χ0v) is 13.9. The molecule has 0 spiro atoms. The third-order valence-corrected chi connectivity index (χ3v) is 3.77. The first kappa shape index (κ1) is 16.1. The Hall–Kier alpha value is -2.79. The van der Waals surface area contributed by atoms with E-state index in [2.05, 4.69) is 33.9 Å². The van der Waals surface area contributed by atoms with Crippen LogP contribution in [0.3, 0.4) is 0 Å². The van der Waals surface area contributed by atoms with E-state index in [1.807, 2.05) is 30.3 Å². The third kappa shape index (κ3) is 3.58. The zero-order valence-electron chi connectivity index (χ0n) is 13.9. The Kier molecular flexibility index (Phi) is 5.13. The van der Waals surface area contributed by atoms with Crippen LogP contribution in [-0.2, 0) is 4.74 Å². The molecule has 1 aromatic carbocycles. The summed E-state index contributed by atoms with van der Waals surface area (Å²) >= 11 is 0. The maximum atomic E-state index is 5.26. The second kappa shape index (κ2) is 7.66. The van der Waals surface area contributed by atoms with E-state index < -0.39 is 0 Å². The highest BCUT2D eigenvalue weighted by molar-refractivity contribution is 5.64. The first-order valence-corrected chi connectivity index (χ1v) is 7.85. The number of benzene rings is 1. The maximum absolute atomic E-state index is 5.26. The lowest BCUT2D eigenvalue weighted by molar-refractivity contribution is 0.207. The van der Waals surface area contributed by atoms with E-state index in [0.29, 0.717) is 19.1 Å². The van der Waals surface area contributed by atoms with Crippen LogP contribution in [0.2, 0.25) is 0 Å². The molecule has 0 amide bonds. The normalized spacial score (nSPS) is 10.6. The molecule has 0 aliphatic rings. The van der Waals surface area contributed by atoms with Crippen molar-refractivity contribution in [3.05, 3.63) is 66.6 Å². The largest absolute Gasteiger partial charge is 0.383 e. The number of pyridine rings is 1. The van der Waals surface area contributed by atoms with Crippen molar-refractivity contribution in [1.29, 1.82) is 0 Å². The van der Waals surface area contributed by atoms with Crippen LogP contribution in [-0.4, -0.2) is 35.2 Å². The van der Waals surface area contributed by atoms with Crippen LogP contribution >= 0.6 is 0 Å². The van der Waals surface area contributed by atoms with Crippen LogP contribution in [0.25, 0.3) is 11.3 Å². The maximum Gasteiger partial charge on any atom is 0.230 e. The second-order valence-electron chi connectivity index (χ2n) is 5.41. The molecule has 0 fully saturated rings. The van der Waals surface area contributed by atoms with E-state index >= 15 is 0 Å². The number of anilines is 2. The van der Waals surface area contributed by atoms with Gasteiger partial charge in [-0.1, -0.05) is 18.2 Å². The first-order chi connectivity index (χ1) is 11.8. The molecule has 0 radical (unpaired) electrons. The Balaban J connectivity index is 2.01. The summed E-state index contributed by atoms with van der Waals surface area (Å²) in [6.45, 7) is 3.35. The number of rotatable bonds is 6. The molecule has 0 atom stereocenters. The van der Waals surface area contributed by atoms with Gasteiger partial charge in [-0.25, -0.2) is 9.97 Å². The monoisotopic (exact) mass is 320 g/mol. The summed E-state index contributed by atoms with van der Waals surface area (Å²) in [5.74, 6) is 0.655. The molecule has 0 aliphatic carbocycles. The summed E-state index contributed by atoms with van der Waals surface area (Å²) in [7, 11) is 1.70. The summed E-state index contributed by atoms with van der Waals surface area (Å²) in [4.78, 5) is 15.5. The van der Waals surface area contributed by atoms with Crippen LogP contribution < -0.4 is 4.90 Å². The number of aromatic nitrogens is 3.